The zero-order valence-electron chi connectivity index (χ0n) is 17.6. The minimum absolute atomic E-state index is 0.0381. The van der Waals surface area contributed by atoms with Crippen LogP contribution in [0, 0.1) is 11.7 Å². The van der Waals surface area contributed by atoms with Gasteiger partial charge in [0.05, 0.1) is 5.02 Å². The van der Waals surface area contributed by atoms with Gasteiger partial charge in [0.2, 0.25) is 5.91 Å². The zero-order chi connectivity index (χ0) is 21.1. The molecule has 2 aromatic rings. The lowest BCUT2D eigenvalue weighted by Crippen LogP contribution is -2.53. The molecule has 2 aromatic carbocycles. The van der Waals surface area contributed by atoms with Crippen LogP contribution in [0.2, 0.25) is 5.02 Å². The van der Waals surface area contributed by atoms with Crippen LogP contribution in [0.3, 0.4) is 0 Å². The number of carbonyl (C=O) groups excluding carboxylic acids is 1. The lowest BCUT2D eigenvalue weighted by molar-refractivity contribution is -0.132. The molecule has 0 bridgehead atoms. The Hall–Kier alpha value is -1.91. The third-order valence-corrected chi connectivity index (χ3v) is 7.37. The Labute approximate surface area is 183 Å². The van der Waals surface area contributed by atoms with Gasteiger partial charge in [0.25, 0.3) is 0 Å². The largest absolute Gasteiger partial charge is 0.342 e. The van der Waals surface area contributed by atoms with E-state index >= 15 is 0 Å². The molecule has 2 saturated heterocycles. The molecule has 0 aliphatic carbocycles. The predicted molar refractivity (Wildman–Crippen MR) is 119 cm³/mol. The van der Waals surface area contributed by atoms with Crippen molar-refractivity contribution in [2.24, 2.45) is 5.92 Å². The summed E-state index contributed by atoms with van der Waals surface area (Å²) in [7, 11) is 0. The van der Waals surface area contributed by atoms with Crippen molar-refractivity contribution in [3.63, 3.8) is 0 Å². The molecule has 1 amide bonds. The number of hydrogen-bond acceptors (Lipinski definition) is 2. The van der Waals surface area contributed by atoms with Gasteiger partial charge in [0.15, 0.2) is 0 Å². The van der Waals surface area contributed by atoms with Gasteiger partial charge < -0.3 is 4.90 Å². The molecule has 0 saturated carbocycles. The first-order chi connectivity index (χ1) is 14.5. The van der Waals surface area contributed by atoms with Crippen LogP contribution in [0.25, 0.3) is 0 Å². The first kappa shape index (κ1) is 21.3. The maximum absolute atomic E-state index is 13.5. The SMILES string of the molecule is CC(=O)N1CCCC(c2ccccc2)(C2CCN(Cc3ccc(F)c(Cl)c3)CC2)C1. The number of carbonyl (C=O) groups is 1. The molecule has 0 aromatic heterocycles. The topological polar surface area (TPSA) is 23.6 Å². The molecule has 2 aliphatic heterocycles. The normalized spacial score (nSPS) is 23.5. The van der Waals surface area contributed by atoms with Gasteiger partial charge in [-0.1, -0.05) is 48.0 Å². The Balaban J connectivity index is 1.49. The van der Waals surface area contributed by atoms with Crippen LogP contribution in [-0.4, -0.2) is 41.9 Å². The summed E-state index contributed by atoms with van der Waals surface area (Å²) in [6.45, 7) is 6.20. The van der Waals surface area contributed by atoms with Crippen molar-refractivity contribution in [2.75, 3.05) is 26.2 Å². The zero-order valence-corrected chi connectivity index (χ0v) is 18.4. The fraction of sp³-hybridized carbons (Fsp3) is 0.480. The Kier molecular flexibility index (Phi) is 6.45. The highest BCUT2D eigenvalue weighted by Crippen LogP contribution is 2.45. The molecule has 160 valence electrons. The number of hydrogen-bond donors (Lipinski definition) is 0. The molecule has 0 N–H and O–H groups in total. The molecular formula is C25H30ClFN2O. The second kappa shape index (κ2) is 9.07. The van der Waals surface area contributed by atoms with Gasteiger partial charge in [0.1, 0.15) is 5.82 Å². The Bertz CT molecular complexity index is 882. The van der Waals surface area contributed by atoms with Crippen LogP contribution in [0.15, 0.2) is 48.5 Å². The summed E-state index contributed by atoms with van der Waals surface area (Å²) in [5, 5.41) is 0.192. The number of nitrogens with zero attached hydrogens (tertiary/aromatic N) is 2. The van der Waals surface area contributed by atoms with Crippen molar-refractivity contribution < 1.29 is 9.18 Å². The third kappa shape index (κ3) is 4.40. The van der Waals surface area contributed by atoms with Gasteiger partial charge in [-0.2, -0.15) is 0 Å². The Morgan fingerprint density at radius 3 is 2.53 bits per heavy atom. The molecule has 1 unspecified atom stereocenters. The highest BCUT2D eigenvalue weighted by atomic mass is 35.5. The molecule has 30 heavy (non-hydrogen) atoms. The maximum Gasteiger partial charge on any atom is 0.219 e. The number of amides is 1. The van der Waals surface area contributed by atoms with E-state index in [0.29, 0.717) is 5.92 Å². The van der Waals surface area contributed by atoms with Crippen molar-refractivity contribution in [2.45, 2.75) is 44.6 Å². The van der Waals surface area contributed by atoms with Gasteiger partial charge in [0, 0.05) is 32.0 Å². The highest BCUT2D eigenvalue weighted by Gasteiger charge is 2.45. The van der Waals surface area contributed by atoms with Crippen LogP contribution in [0.1, 0.15) is 43.7 Å². The van der Waals surface area contributed by atoms with Crippen molar-refractivity contribution in [1.29, 1.82) is 0 Å². The molecule has 5 heteroatoms. The molecule has 2 heterocycles. The summed E-state index contributed by atoms with van der Waals surface area (Å²) in [4.78, 5) is 16.7. The van der Waals surface area contributed by atoms with E-state index in [-0.39, 0.29) is 22.2 Å². The van der Waals surface area contributed by atoms with Crippen LogP contribution < -0.4 is 0 Å². The molecule has 0 spiro atoms. The standard InChI is InChI=1S/C25H30ClFN2O/c1-19(30)29-13-5-12-25(18-29,21-6-3-2-4-7-21)22-10-14-28(15-11-22)17-20-8-9-24(27)23(26)16-20/h2-4,6-9,16,22H,5,10-15,17-18H2,1H3. The lowest BCUT2D eigenvalue weighted by atomic mass is 9.62. The van der Waals surface area contributed by atoms with Gasteiger partial charge >= 0.3 is 0 Å². The average molecular weight is 429 g/mol. The monoisotopic (exact) mass is 428 g/mol. The summed E-state index contributed by atoms with van der Waals surface area (Å²) in [5.41, 5.74) is 2.47. The fourth-order valence-corrected chi connectivity index (χ4v) is 5.67. The van der Waals surface area contributed by atoms with E-state index in [1.165, 1.54) is 11.6 Å². The van der Waals surface area contributed by atoms with Gasteiger partial charge in [-0.15, -0.1) is 0 Å². The van der Waals surface area contributed by atoms with E-state index in [0.717, 1.165) is 64.0 Å². The average Bonchev–Trinajstić information content (AvgIpc) is 2.77. The molecule has 1 atom stereocenters. The number of piperidine rings is 2. The molecular weight excluding hydrogens is 399 g/mol. The molecule has 3 nitrogen and oxygen atoms in total. The number of rotatable bonds is 4. The first-order valence-corrected chi connectivity index (χ1v) is 11.3. The minimum atomic E-state index is -0.365. The quantitative estimate of drug-likeness (QED) is 0.662. The smallest absolute Gasteiger partial charge is 0.219 e. The van der Waals surface area contributed by atoms with E-state index in [1.807, 2.05) is 11.0 Å². The van der Waals surface area contributed by atoms with E-state index in [9.17, 15) is 9.18 Å². The van der Waals surface area contributed by atoms with Gasteiger partial charge in [-0.05, 0) is 68.0 Å². The molecule has 2 aliphatic rings. The molecule has 2 fully saturated rings. The minimum Gasteiger partial charge on any atom is -0.342 e. The fourth-order valence-electron chi connectivity index (χ4n) is 5.47. The highest BCUT2D eigenvalue weighted by molar-refractivity contribution is 6.30. The van der Waals surface area contributed by atoms with Gasteiger partial charge in [-0.3, -0.25) is 9.69 Å². The molecule has 0 radical (unpaired) electrons. The van der Waals surface area contributed by atoms with E-state index < -0.39 is 0 Å². The Morgan fingerprint density at radius 2 is 1.87 bits per heavy atom. The van der Waals surface area contributed by atoms with Gasteiger partial charge in [-0.25, -0.2) is 4.39 Å². The second-order valence-corrected chi connectivity index (χ2v) is 9.27. The molecule has 4 rings (SSSR count). The van der Waals surface area contributed by atoms with Crippen molar-refractivity contribution in [3.05, 3.63) is 70.5 Å². The third-order valence-electron chi connectivity index (χ3n) is 7.08. The lowest BCUT2D eigenvalue weighted by Gasteiger charge is -2.50. The summed E-state index contributed by atoms with van der Waals surface area (Å²) in [5.74, 6) is 0.368. The first-order valence-electron chi connectivity index (χ1n) is 11.0. The van der Waals surface area contributed by atoms with Crippen molar-refractivity contribution in [3.8, 4) is 0 Å². The predicted octanol–water partition coefficient (Wildman–Crippen LogP) is 5.27. The van der Waals surface area contributed by atoms with Crippen molar-refractivity contribution >= 4 is 17.5 Å². The number of benzene rings is 2. The van der Waals surface area contributed by atoms with Crippen LogP contribution in [0.5, 0.6) is 0 Å². The summed E-state index contributed by atoms with van der Waals surface area (Å²) in [6.07, 6.45) is 4.41. The maximum atomic E-state index is 13.5. The van der Waals surface area contributed by atoms with Crippen LogP contribution in [-0.2, 0) is 16.8 Å². The summed E-state index contributed by atoms with van der Waals surface area (Å²) >= 11 is 5.96. The second-order valence-electron chi connectivity index (χ2n) is 8.87. The Morgan fingerprint density at radius 1 is 1.13 bits per heavy atom. The van der Waals surface area contributed by atoms with Crippen LogP contribution >= 0.6 is 11.6 Å². The van der Waals surface area contributed by atoms with E-state index in [1.54, 1.807) is 13.0 Å². The number of halogens is 2. The van der Waals surface area contributed by atoms with Crippen molar-refractivity contribution in [1.82, 2.24) is 9.80 Å². The van der Waals surface area contributed by atoms with E-state index in [4.69, 9.17) is 11.6 Å². The van der Waals surface area contributed by atoms with Crippen LogP contribution in [0.4, 0.5) is 4.39 Å². The summed E-state index contributed by atoms with van der Waals surface area (Å²) in [6, 6.07) is 15.8. The van der Waals surface area contributed by atoms with E-state index in [2.05, 4.69) is 35.2 Å². The summed E-state index contributed by atoms with van der Waals surface area (Å²) < 4.78 is 13.5. The number of likely N-dealkylation sites (tertiary alicyclic amines) is 2.